The van der Waals surface area contributed by atoms with Gasteiger partial charge in [-0.3, -0.25) is 14.4 Å². The molecule has 1 amide bonds. The summed E-state index contributed by atoms with van der Waals surface area (Å²) in [6.45, 7) is 9.04. The fourth-order valence-electron chi connectivity index (χ4n) is 8.39. The number of carbonyl (C=O) groups is 2. The van der Waals surface area contributed by atoms with E-state index in [-0.39, 0.29) is 37.8 Å². The summed E-state index contributed by atoms with van der Waals surface area (Å²) in [6, 6.07) is 16.6. The summed E-state index contributed by atoms with van der Waals surface area (Å²) in [5, 5.41) is 26.2. The molecule has 2 atom stereocenters. The summed E-state index contributed by atoms with van der Waals surface area (Å²) in [7, 11) is 0. The fourth-order valence-corrected chi connectivity index (χ4v) is 8.75. The van der Waals surface area contributed by atoms with Gasteiger partial charge < -0.3 is 53.9 Å². The Kier molecular flexibility index (Phi) is 14.9. The molecule has 4 N–H and O–H groups in total. The lowest BCUT2D eigenvalue weighted by Gasteiger charge is -2.30. The smallest absolute Gasteiger partial charge is 0.335 e. The number of aliphatic hydroxyl groups is 1. The number of carboxylic acids is 1. The zero-order valence-electron chi connectivity index (χ0n) is 37.2. The summed E-state index contributed by atoms with van der Waals surface area (Å²) < 4.78 is 50.4. The van der Waals surface area contributed by atoms with Crippen molar-refractivity contribution in [1.29, 1.82) is 0 Å². The number of carbonyl (C=O) groups excluding carboxylic acids is 1. The quantitative estimate of drug-likeness (QED) is 0.102. The fraction of sp³-hybridized carbons (Fsp3) is 0.347. The summed E-state index contributed by atoms with van der Waals surface area (Å²) in [5.41, 5.74) is 2.68. The largest absolute Gasteiger partial charge is 0.478 e. The van der Waals surface area contributed by atoms with E-state index >= 15 is 0 Å². The van der Waals surface area contributed by atoms with Gasteiger partial charge in [-0.25, -0.2) is 13.6 Å². The van der Waals surface area contributed by atoms with Crippen molar-refractivity contribution in [1.82, 2.24) is 4.90 Å². The van der Waals surface area contributed by atoms with Gasteiger partial charge in [-0.05, 0) is 87.4 Å². The third-order valence-corrected chi connectivity index (χ3v) is 12.7. The second-order valence-electron chi connectivity index (χ2n) is 16.8. The van der Waals surface area contributed by atoms with E-state index in [1.807, 2.05) is 16.7 Å². The molecule has 9 rings (SSSR count). The molecule has 0 saturated carbocycles. The molecule has 3 aliphatic rings. The van der Waals surface area contributed by atoms with Gasteiger partial charge in [0, 0.05) is 79.5 Å². The first kappa shape index (κ1) is 48.2. The third kappa shape index (κ3) is 10.9. The van der Waals surface area contributed by atoms with Crippen molar-refractivity contribution in [3.05, 3.63) is 137 Å². The van der Waals surface area contributed by atoms with Crippen LogP contribution in [0.5, 0.6) is 0 Å². The molecule has 19 heteroatoms. The number of morpholine rings is 2. The van der Waals surface area contributed by atoms with Crippen LogP contribution in [0.25, 0.3) is 21.9 Å². The van der Waals surface area contributed by atoms with Gasteiger partial charge in [0.1, 0.15) is 22.8 Å². The van der Waals surface area contributed by atoms with Gasteiger partial charge in [-0.2, -0.15) is 0 Å². The predicted octanol–water partition coefficient (Wildman–Crippen LogP) is 8.49. The minimum atomic E-state index is -1.16. The van der Waals surface area contributed by atoms with E-state index in [4.69, 9.17) is 41.5 Å². The van der Waals surface area contributed by atoms with Crippen molar-refractivity contribution < 1.29 is 46.9 Å². The maximum atomic E-state index is 13.7. The molecule has 0 bridgehead atoms. The SMILES string of the molecule is CC(Nc1ccc(F)c(Cl)c1)c1cc(C(=O)N2CCC(O)CC2)cc2c(=O)cc(N3CCOCC3)oc12.CC(Nc1ccc(F)c(Cl)c1)c1cc(C(=O)O)cc2c(=O)cc(N3CCOCC3)oc12. The average Bonchev–Trinajstić information content (AvgIpc) is 3.34. The van der Waals surface area contributed by atoms with Crippen LogP contribution in [-0.2, 0) is 9.47 Å². The van der Waals surface area contributed by atoms with Gasteiger partial charge in [-0.1, -0.05) is 23.2 Å². The number of ether oxygens (including phenoxy) is 2. The normalized spacial score (nSPS) is 16.5. The van der Waals surface area contributed by atoms with Crippen molar-refractivity contribution in [2.24, 2.45) is 0 Å². The highest BCUT2D eigenvalue weighted by Crippen LogP contribution is 2.34. The minimum Gasteiger partial charge on any atom is -0.478 e. The Hall–Kier alpha value is -6.24. The molecule has 358 valence electrons. The zero-order valence-corrected chi connectivity index (χ0v) is 38.7. The monoisotopic (exact) mass is 975 g/mol. The Labute approximate surface area is 398 Å². The number of carboxylic acid groups (broad SMARTS) is 1. The number of likely N-dealkylation sites (tertiary alicyclic amines) is 1. The second kappa shape index (κ2) is 21.0. The number of hydrogen-bond acceptors (Lipinski definition) is 13. The molecule has 6 aromatic rings. The molecule has 2 aromatic heterocycles. The standard InChI is InChI=1S/C27H29ClFN3O5.C22H20ClFN2O5/c1-16(30-18-2-3-23(29)22(28)14-18)20-12-17(27(35)32-6-4-19(33)5-7-32)13-21-24(34)15-25(37-26(20)21)31-8-10-36-11-9-31;1-12(25-14-2-3-18(24)17(23)10-14)15-8-13(22(28)29)9-16-19(27)11-20(31-21(15)16)26-4-6-30-7-5-26/h2-3,12-16,19,30,33H,4-11H2,1H3;2-3,8-12,25H,4-7H2,1H3,(H,28,29). The molecule has 4 aromatic carbocycles. The van der Waals surface area contributed by atoms with E-state index in [0.29, 0.717) is 135 Å². The number of nitrogens with one attached hydrogen (secondary N) is 2. The number of amides is 1. The summed E-state index contributed by atoms with van der Waals surface area (Å²) >= 11 is 11.8. The minimum absolute atomic E-state index is 0.0144. The lowest BCUT2D eigenvalue weighted by Crippen LogP contribution is -2.40. The van der Waals surface area contributed by atoms with Gasteiger partial charge in [0.25, 0.3) is 5.91 Å². The van der Waals surface area contributed by atoms with Crippen molar-refractivity contribution in [2.45, 2.75) is 44.9 Å². The van der Waals surface area contributed by atoms with Crippen LogP contribution in [0.2, 0.25) is 10.0 Å². The van der Waals surface area contributed by atoms with Crippen molar-refractivity contribution in [3.63, 3.8) is 0 Å². The van der Waals surface area contributed by atoms with Gasteiger partial charge >= 0.3 is 5.97 Å². The van der Waals surface area contributed by atoms with E-state index in [9.17, 15) is 38.2 Å². The van der Waals surface area contributed by atoms with Crippen LogP contribution < -0.4 is 31.3 Å². The summed E-state index contributed by atoms with van der Waals surface area (Å²) in [6.07, 6.45) is 0.620. The predicted molar refractivity (Wildman–Crippen MR) is 256 cm³/mol. The Morgan fingerprint density at radius 2 is 1.07 bits per heavy atom. The number of fused-ring (bicyclic) bond motifs is 2. The summed E-state index contributed by atoms with van der Waals surface area (Å²) in [5.74, 6) is -1.57. The molecule has 3 fully saturated rings. The number of nitrogens with zero attached hydrogens (tertiary/aromatic N) is 3. The number of rotatable bonds is 10. The molecule has 0 aliphatic carbocycles. The lowest BCUT2D eigenvalue weighted by molar-refractivity contribution is 0.0546. The van der Waals surface area contributed by atoms with Crippen molar-refractivity contribution >= 4 is 80.2 Å². The number of halogens is 4. The van der Waals surface area contributed by atoms with Crippen LogP contribution in [0, 0.1) is 11.6 Å². The first-order chi connectivity index (χ1) is 32.6. The van der Waals surface area contributed by atoms with E-state index in [1.54, 1.807) is 30.0 Å². The Balaban J connectivity index is 0.000000187. The molecule has 0 spiro atoms. The Bertz CT molecular complexity index is 2970. The number of hydrogen-bond donors (Lipinski definition) is 4. The van der Waals surface area contributed by atoms with Crippen LogP contribution in [0.3, 0.4) is 0 Å². The van der Waals surface area contributed by atoms with Crippen LogP contribution in [0.15, 0.2) is 91.2 Å². The van der Waals surface area contributed by atoms with Gasteiger partial charge in [0.2, 0.25) is 0 Å². The molecule has 5 heterocycles. The first-order valence-corrected chi connectivity index (χ1v) is 22.9. The molecular weight excluding hydrogens is 927 g/mol. The molecule has 0 radical (unpaired) electrons. The van der Waals surface area contributed by atoms with Gasteiger partial charge in [0.15, 0.2) is 22.6 Å². The highest BCUT2D eigenvalue weighted by atomic mass is 35.5. The molecule has 3 aliphatic heterocycles. The molecule has 15 nitrogen and oxygen atoms in total. The number of aliphatic hydroxyl groups excluding tert-OH is 1. The molecule has 68 heavy (non-hydrogen) atoms. The zero-order chi connectivity index (χ0) is 48.2. The lowest BCUT2D eigenvalue weighted by atomic mass is 9.99. The maximum Gasteiger partial charge on any atom is 0.335 e. The number of benzene rings is 4. The van der Waals surface area contributed by atoms with Crippen LogP contribution in [0.4, 0.5) is 31.9 Å². The summed E-state index contributed by atoms with van der Waals surface area (Å²) in [4.78, 5) is 56.8. The Morgan fingerprint density at radius 1 is 0.647 bits per heavy atom. The highest BCUT2D eigenvalue weighted by Gasteiger charge is 2.27. The van der Waals surface area contributed by atoms with E-state index < -0.39 is 35.8 Å². The first-order valence-electron chi connectivity index (χ1n) is 22.2. The van der Waals surface area contributed by atoms with Gasteiger partial charge in [-0.15, -0.1) is 0 Å². The highest BCUT2D eigenvalue weighted by molar-refractivity contribution is 6.31. The Morgan fingerprint density at radius 3 is 1.50 bits per heavy atom. The van der Waals surface area contributed by atoms with Crippen molar-refractivity contribution in [3.8, 4) is 0 Å². The number of anilines is 4. The number of piperidine rings is 1. The third-order valence-electron chi connectivity index (χ3n) is 12.1. The number of aromatic carboxylic acids is 1. The van der Waals surface area contributed by atoms with Crippen LogP contribution >= 0.6 is 23.2 Å². The van der Waals surface area contributed by atoms with Crippen LogP contribution in [-0.4, -0.2) is 98.8 Å². The molecule has 3 saturated heterocycles. The van der Waals surface area contributed by atoms with E-state index in [0.717, 1.165) is 0 Å². The van der Waals surface area contributed by atoms with Gasteiger partial charge in [0.05, 0.1) is 71.0 Å². The maximum absolute atomic E-state index is 13.7. The van der Waals surface area contributed by atoms with Crippen molar-refractivity contribution in [2.75, 3.05) is 86.1 Å². The topological polar surface area (TPSA) is 187 Å². The molecular formula is C49H49Cl2F2N5O10. The van der Waals surface area contributed by atoms with E-state index in [2.05, 4.69) is 10.6 Å². The molecule has 2 unspecified atom stereocenters. The second-order valence-corrected chi connectivity index (χ2v) is 17.6. The average molecular weight is 977 g/mol. The van der Waals surface area contributed by atoms with Crippen LogP contribution in [0.1, 0.15) is 70.6 Å². The van der Waals surface area contributed by atoms with E-state index in [1.165, 1.54) is 54.6 Å².